The zero-order valence-electron chi connectivity index (χ0n) is 15.2. The van der Waals surface area contributed by atoms with Crippen LogP contribution in [0.4, 0.5) is 17.1 Å². The van der Waals surface area contributed by atoms with Gasteiger partial charge in [0.05, 0.1) is 0 Å². The number of nitrogens with one attached hydrogen (secondary N) is 3. The van der Waals surface area contributed by atoms with Gasteiger partial charge in [-0.15, -0.1) is 0 Å². The van der Waals surface area contributed by atoms with E-state index >= 15 is 0 Å². The van der Waals surface area contributed by atoms with Crippen molar-refractivity contribution in [2.45, 2.75) is 0 Å². The molecule has 8 heteroatoms. The number of carbonyl (C=O) groups excluding carboxylic acids is 3. The Balaban J connectivity index is 2.25. The molecule has 3 amide bonds. The number of hydrogen-bond acceptors (Lipinski definition) is 4. The topological polar surface area (TPSA) is 104 Å². The van der Waals surface area contributed by atoms with Gasteiger partial charge in [0.1, 0.15) is 0 Å². The Kier molecular flexibility index (Phi) is 6.22. The van der Waals surface area contributed by atoms with Crippen molar-refractivity contribution >= 4 is 59.3 Å². The van der Waals surface area contributed by atoms with E-state index in [0.717, 1.165) is 0 Å². The highest BCUT2D eigenvalue weighted by Crippen LogP contribution is 2.43. The van der Waals surface area contributed by atoms with Gasteiger partial charge in [-0.2, -0.15) is 0 Å². The summed E-state index contributed by atoms with van der Waals surface area (Å²) in [5.41, 5.74) is 1.51. The molecular formula is C21H18N3O4P. The predicted molar refractivity (Wildman–Crippen MR) is 115 cm³/mol. The van der Waals surface area contributed by atoms with Crippen molar-refractivity contribution in [3.63, 3.8) is 0 Å². The molecule has 0 aliphatic rings. The molecule has 7 nitrogen and oxygen atoms in total. The molecule has 0 atom stereocenters. The normalized spacial score (nSPS) is 10.6. The smallest absolute Gasteiger partial charge is 0.211 e. The highest BCUT2D eigenvalue weighted by molar-refractivity contribution is 7.85. The van der Waals surface area contributed by atoms with Crippen LogP contribution in [0.25, 0.3) is 0 Å². The second kappa shape index (κ2) is 8.99. The monoisotopic (exact) mass is 407 g/mol. The molecule has 3 N–H and O–H groups in total. The molecular weight excluding hydrogens is 389 g/mol. The van der Waals surface area contributed by atoms with E-state index < -0.39 is 7.14 Å². The van der Waals surface area contributed by atoms with Gasteiger partial charge in [-0.3, -0.25) is 14.4 Å². The highest BCUT2D eigenvalue weighted by Gasteiger charge is 2.30. The maximum atomic E-state index is 14.5. The second-order valence-electron chi connectivity index (χ2n) is 6.05. The Labute approximate surface area is 167 Å². The molecule has 0 bridgehead atoms. The number of benzene rings is 3. The Morgan fingerprint density at radius 2 is 0.862 bits per heavy atom. The van der Waals surface area contributed by atoms with Crippen molar-refractivity contribution in [1.29, 1.82) is 0 Å². The van der Waals surface area contributed by atoms with Crippen LogP contribution in [0.5, 0.6) is 0 Å². The molecule has 29 heavy (non-hydrogen) atoms. The summed E-state index contributed by atoms with van der Waals surface area (Å²) in [6, 6.07) is 20.3. The van der Waals surface area contributed by atoms with Crippen LogP contribution >= 0.6 is 7.14 Å². The van der Waals surface area contributed by atoms with E-state index in [-0.39, 0.29) is 0 Å². The molecule has 3 rings (SSSR count). The third kappa shape index (κ3) is 4.25. The van der Waals surface area contributed by atoms with Crippen LogP contribution in [0, 0.1) is 0 Å². The first-order valence-electron chi connectivity index (χ1n) is 8.64. The summed E-state index contributed by atoms with van der Waals surface area (Å²) in [6.07, 6.45) is 1.65. The first kappa shape index (κ1) is 20.0. The lowest BCUT2D eigenvalue weighted by atomic mass is 10.3. The Morgan fingerprint density at radius 3 is 1.14 bits per heavy atom. The van der Waals surface area contributed by atoms with Crippen LogP contribution in [0.3, 0.4) is 0 Å². The minimum Gasteiger partial charge on any atom is -0.329 e. The molecule has 3 aromatic carbocycles. The van der Waals surface area contributed by atoms with Gasteiger partial charge in [-0.05, 0) is 36.4 Å². The highest BCUT2D eigenvalue weighted by atomic mass is 31.2. The lowest BCUT2D eigenvalue weighted by Gasteiger charge is -2.21. The van der Waals surface area contributed by atoms with Crippen molar-refractivity contribution in [2.75, 3.05) is 16.0 Å². The lowest BCUT2D eigenvalue weighted by molar-refractivity contribution is -0.106. The predicted octanol–water partition coefficient (Wildman–Crippen LogP) is 2.03. The van der Waals surface area contributed by atoms with Crippen molar-refractivity contribution in [1.82, 2.24) is 0 Å². The molecule has 0 spiro atoms. The summed E-state index contributed by atoms with van der Waals surface area (Å²) in [4.78, 5) is 32.5. The van der Waals surface area contributed by atoms with E-state index in [0.29, 0.717) is 52.2 Å². The van der Waals surface area contributed by atoms with Crippen molar-refractivity contribution in [3.8, 4) is 0 Å². The van der Waals surface area contributed by atoms with Crippen LogP contribution < -0.4 is 31.9 Å². The van der Waals surface area contributed by atoms with Gasteiger partial charge < -0.3 is 20.5 Å². The van der Waals surface area contributed by atoms with Crippen molar-refractivity contribution < 1.29 is 18.9 Å². The molecule has 0 heterocycles. The van der Waals surface area contributed by atoms with Gasteiger partial charge in [-0.1, -0.05) is 36.4 Å². The molecule has 0 unspecified atom stereocenters. The summed E-state index contributed by atoms with van der Waals surface area (Å²) < 4.78 is 14.5. The fourth-order valence-electron chi connectivity index (χ4n) is 3.03. The molecule has 0 aromatic heterocycles. The van der Waals surface area contributed by atoms with Crippen molar-refractivity contribution in [2.24, 2.45) is 0 Å². The molecule has 0 saturated heterocycles. The summed E-state index contributed by atoms with van der Waals surface area (Å²) in [7, 11) is -3.40. The third-order valence-corrected chi connectivity index (χ3v) is 7.32. The zero-order chi connectivity index (χ0) is 20.7. The average molecular weight is 407 g/mol. The van der Waals surface area contributed by atoms with Gasteiger partial charge >= 0.3 is 0 Å². The Hall–Kier alpha value is -3.70. The van der Waals surface area contributed by atoms with Crippen LogP contribution in [0.1, 0.15) is 0 Å². The maximum absolute atomic E-state index is 14.5. The van der Waals surface area contributed by atoms with Gasteiger partial charge in [0.15, 0.2) is 7.14 Å². The minimum atomic E-state index is -3.40. The molecule has 146 valence electrons. The fourth-order valence-corrected chi connectivity index (χ4v) is 5.77. The van der Waals surface area contributed by atoms with Crippen LogP contribution in [-0.2, 0) is 18.9 Å². The summed E-state index contributed by atoms with van der Waals surface area (Å²) in [5.74, 6) is 0. The van der Waals surface area contributed by atoms with Gasteiger partial charge in [0.25, 0.3) is 0 Å². The third-order valence-electron chi connectivity index (χ3n) is 4.31. The molecule has 3 aromatic rings. The first-order valence-corrected chi connectivity index (χ1v) is 10.3. The molecule has 0 aliphatic heterocycles. The maximum Gasteiger partial charge on any atom is 0.211 e. The number of anilines is 3. The molecule has 0 radical (unpaired) electrons. The van der Waals surface area contributed by atoms with E-state index in [1.165, 1.54) is 0 Å². The molecule has 0 aliphatic carbocycles. The lowest BCUT2D eigenvalue weighted by Crippen LogP contribution is -2.26. The Morgan fingerprint density at radius 1 is 0.552 bits per heavy atom. The van der Waals surface area contributed by atoms with Gasteiger partial charge in [-0.25, -0.2) is 0 Å². The van der Waals surface area contributed by atoms with E-state index in [1.807, 2.05) is 0 Å². The largest absolute Gasteiger partial charge is 0.329 e. The number of amides is 3. The number of hydrogen-bond donors (Lipinski definition) is 3. The van der Waals surface area contributed by atoms with Gasteiger partial charge in [0, 0.05) is 33.0 Å². The van der Waals surface area contributed by atoms with Crippen LogP contribution in [0.2, 0.25) is 0 Å². The van der Waals surface area contributed by atoms with Gasteiger partial charge in [0.2, 0.25) is 19.2 Å². The minimum absolute atomic E-state index is 0.496. The van der Waals surface area contributed by atoms with Crippen molar-refractivity contribution in [3.05, 3.63) is 72.8 Å². The quantitative estimate of drug-likeness (QED) is 0.373. The molecule has 0 fully saturated rings. The van der Waals surface area contributed by atoms with E-state index in [2.05, 4.69) is 16.0 Å². The summed E-state index contributed by atoms with van der Waals surface area (Å²) in [6.45, 7) is 0. The second-order valence-corrected chi connectivity index (χ2v) is 8.81. The molecule has 0 saturated carbocycles. The fraction of sp³-hybridized carbons (Fsp3) is 0. The SMILES string of the molecule is O=CNc1cccc(P(=O)(c2cccc(NC=O)c2)c2cccc(NC=O)c2)c1. The standard InChI is InChI=1S/C21H18N3O4P/c25-13-22-16-4-1-7-19(10-16)29(28,20-8-2-5-17(11-20)23-14-26)21-9-3-6-18(12-21)24-15-27/h1-15H,(H,22,25)(H,23,26)(H,24,27). The first-order chi connectivity index (χ1) is 14.1. The zero-order valence-corrected chi connectivity index (χ0v) is 16.1. The van der Waals surface area contributed by atoms with E-state index in [4.69, 9.17) is 0 Å². The van der Waals surface area contributed by atoms with E-state index in [9.17, 15) is 18.9 Å². The average Bonchev–Trinajstić information content (AvgIpc) is 2.74. The van der Waals surface area contributed by atoms with Crippen LogP contribution in [0.15, 0.2) is 72.8 Å². The Bertz CT molecular complexity index is 964. The van der Waals surface area contributed by atoms with E-state index in [1.54, 1.807) is 72.8 Å². The number of rotatable bonds is 9. The number of carbonyl (C=O) groups is 3. The summed E-state index contributed by atoms with van der Waals surface area (Å²) >= 11 is 0. The van der Waals surface area contributed by atoms with Crippen LogP contribution in [-0.4, -0.2) is 19.2 Å². The summed E-state index contributed by atoms with van der Waals surface area (Å²) in [5, 5.41) is 9.19.